The van der Waals surface area contributed by atoms with E-state index < -0.39 is 4.92 Å². The van der Waals surface area contributed by atoms with Crippen molar-refractivity contribution in [2.75, 3.05) is 12.0 Å². The van der Waals surface area contributed by atoms with Gasteiger partial charge in [-0.25, -0.2) is 10.8 Å². The molecule has 1 aliphatic rings. The second kappa shape index (κ2) is 5.58. The van der Waals surface area contributed by atoms with Crippen LogP contribution in [0.5, 0.6) is 5.88 Å². The molecule has 1 aliphatic carbocycles. The molecule has 2 rings (SSSR count). The number of ether oxygens (including phenoxy) is 1. The van der Waals surface area contributed by atoms with Crippen molar-refractivity contribution in [3.8, 4) is 5.88 Å². The Hall–Kier alpha value is -1.96. The largest absolute Gasteiger partial charge is 0.473 e. The SMILES string of the molecule is NNc1ncnc(OCCC2CCC2)c1[N+](=O)[O-]. The zero-order valence-corrected chi connectivity index (χ0v) is 9.83. The lowest BCUT2D eigenvalue weighted by atomic mass is 9.83. The first kappa shape index (κ1) is 12.5. The molecule has 0 bridgehead atoms. The fourth-order valence-corrected chi connectivity index (χ4v) is 1.84. The van der Waals surface area contributed by atoms with Gasteiger partial charge in [0.25, 0.3) is 5.88 Å². The molecule has 0 aromatic carbocycles. The maximum Gasteiger partial charge on any atom is 0.374 e. The number of nitrogens with zero attached hydrogens (tertiary/aromatic N) is 3. The van der Waals surface area contributed by atoms with E-state index in [1.807, 2.05) is 0 Å². The van der Waals surface area contributed by atoms with Gasteiger partial charge in [-0.2, -0.15) is 4.98 Å². The molecule has 8 nitrogen and oxygen atoms in total. The van der Waals surface area contributed by atoms with Crippen molar-refractivity contribution < 1.29 is 9.66 Å². The van der Waals surface area contributed by atoms with Crippen LogP contribution in [0.4, 0.5) is 11.5 Å². The fraction of sp³-hybridized carbons (Fsp3) is 0.600. The first-order valence-corrected chi connectivity index (χ1v) is 5.81. The summed E-state index contributed by atoms with van der Waals surface area (Å²) in [4.78, 5) is 17.8. The summed E-state index contributed by atoms with van der Waals surface area (Å²) in [7, 11) is 0. The van der Waals surface area contributed by atoms with E-state index >= 15 is 0 Å². The molecule has 1 heterocycles. The van der Waals surface area contributed by atoms with E-state index in [1.165, 1.54) is 25.6 Å². The van der Waals surface area contributed by atoms with Crippen molar-refractivity contribution in [1.82, 2.24) is 9.97 Å². The quantitative estimate of drug-likeness (QED) is 0.445. The lowest BCUT2D eigenvalue weighted by Crippen LogP contribution is -2.16. The number of anilines is 1. The van der Waals surface area contributed by atoms with Crippen LogP contribution < -0.4 is 16.0 Å². The number of rotatable bonds is 6. The van der Waals surface area contributed by atoms with Gasteiger partial charge in [0, 0.05) is 0 Å². The predicted molar refractivity (Wildman–Crippen MR) is 63.9 cm³/mol. The monoisotopic (exact) mass is 253 g/mol. The highest BCUT2D eigenvalue weighted by Crippen LogP contribution is 2.32. The second-order valence-corrected chi connectivity index (χ2v) is 4.21. The summed E-state index contributed by atoms with van der Waals surface area (Å²) in [6, 6.07) is 0. The highest BCUT2D eigenvalue weighted by atomic mass is 16.6. The Morgan fingerprint density at radius 2 is 2.33 bits per heavy atom. The number of aromatic nitrogens is 2. The van der Waals surface area contributed by atoms with Crippen LogP contribution in [-0.2, 0) is 0 Å². The zero-order valence-electron chi connectivity index (χ0n) is 9.83. The Kier molecular flexibility index (Phi) is 3.88. The maximum absolute atomic E-state index is 10.9. The van der Waals surface area contributed by atoms with Crippen LogP contribution in [0.25, 0.3) is 0 Å². The van der Waals surface area contributed by atoms with Crippen molar-refractivity contribution in [3.05, 3.63) is 16.4 Å². The zero-order chi connectivity index (χ0) is 13.0. The van der Waals surface area contributed by atoms with E-state index in [0.29, 0.717) is 12.5 Å². The molecule has 1 aromatic rings. The van der Waals surface area contributed by atoms with Crippen LogP contribution in [0.2, 0.25) is 0 Å². The molecule has 0 saturated heterocycles. The number of hydrazine groups is 1. The van der Waals surface area contributed by atoms with Gasteiger partial charge < -0.3 is 10.2 Å². The summed E-state index contributed by atoms with van der Waals surface area (Å²) in [5.41, 5.74) is 1.84. The number of nitrogens with two attached hydrogens (primary N) is 1. The van der Waals surface area contributed by atoms with Crippen LogP contribution in [0.15, 0.2) is 6.33 Å². The molecule has 18 heavy (non-hydrogen) atoms. The minimum Gasteiger partial charge on any atom is -0.473 e. The molecular formula is C10H15N5O3. The molecule has 1 aromatic heterocycles. The number of nitrogen functional groups attached to an aromatic ring is 1. The van der Waals surface area contributed by atoms with Gasteiger partial charge in [0.05, 0.1) is 11.5 Å². The van der Waals surface area contributed by atoms with Gasteiger partial charge in [-0.15, -0.1) is 0 Å². The standard InChI is InChI=1S/C10H15N5O3/c11-14-9-8(15(16)17)10(13-6-12-9)18-5-4-7-2-1-3-7/h6-7H,1-5,11H2,(H,12,13,14). The molecule has 0 unspecified atom stereocenters. The van der Waals surface area contributed by atoms with E-state index in [-0.39, 0.29) is 17.4 Å². The molecule has 8 heteroatoms. The normalized spacial score (nSPS) is 14.9. The average Bonchev–Trinajstić information content (AvgIpc) is 2.31. The van der Waals surface area contributed by atoms with Crippen LogP contribution in [-0.4, -0.2) is 21.5 Å². The van der Waals surface area contributed by atoms with Crippen molar-refractivity contribution >= 4 is 11.5 Å². The van der Waals surface area contributed by atoms with Crippen LogP contribution in [0.3, 0.4) is 0 Å². The van der Waals surface area contributed by atoms with Gasteiger partial charge in [0.2, 0.25) is 5.82 Å². The molecule has 98 valence electrons. The van der Waals surface area contributed by atoms with Gasteiger partial charge in [-0.1, -0.05) is 19.3 Å². The molecule has 0 radical (unpaired) electrons. The van der Waals surface area contributed by atoms with Gasteiger partial charge in [-0.05, 0) is 12.3 Å². The van der Waals surface area contributed by atoms with E-state index in [4.69, 9.17) is 10.6 Å². The predicted octanol–water partition coefficient (Wildman–Crippen LogP) is 1.24. The van der Waals surface area contributed by atoms with Gasteiger partial charge in [0.1, 0.15) is 6.33 Å². The maximum atomic E-state index is 10.9. The van der Waals surface area contributed by atoms with Crippen molar-refractivity contribution in [2.45, 2.75) is 25.7 Å². The molecule has 0 amide bonds. The topological polar surface area (TPSA) is 116 Å². The third-order valence-corrected chi connectivity index (χ3v) is 3.10. The summed E-state index contributed by atoms with van der Waals surface area (Å²) < 4.78 is 5.36. The Bertz CT molecular complexity index is 436. The highest BCUT2D eigenvalue weighted by molar-refractivity contribution is 5.60. The molecule has 0 atom stereocenters. The van der Waals surface area contributed by atoms with Gasteiger partial charge in [-0.3, -0.25) is 10.1 Å². The third-order valence-electron chi connectivity index (χ3n) is 3.10. The number of hydrogen-bond donors (Lipinski definition) is 2. The summed E-state index contributed by atoms with van der Waals surface area (Å²) in [6.07, 6.45) is 5.77. The third kappa shape index (κ3) is 2.65. The van der Waals surface area contributed by atoms with Crippen LogP contribution in [0.1, 0.15) is 25.7 Å². The summed E-state index contributed by atoms with van der Waals surface area (Å²) in [5.74, 6) is 5.76. The van der Waals surface area contributed by atoms with Gasteiger partial charge >= 0.3 is 5.69 Å². The average molecular weight is 253 g/mol. The van der Waals surface area contributed by atoms with Crippen molar-refractivity contribution in [2.24, 2.45) is 11.8 Å². The van der Waals surface area contributed by atoms with Crippen molar-refractivity contribution in [3.63, 3.8) is 0 Å². The van der Waals surface area contributed by atoms with E-state index in [1.54, 1.807) is 0 Å². The van der Waals surface area contributed by atoms with Crippen molar-refractivity contribution in [1.29, 1.82) is 0 Å². The minimum absolute atomic E-state index is 0.0396. The number of nitrogens with one attached hydrogen (secondary N) is 1. The Morgan fingerprint density at radius 3 is 2.89 bits per heavy atom. The van der Waals surface area contributed by atoms with E-state index in [0.717, 1.165) is 6.42 Å². The van der Waals surface area contributed by atoms with E-state index in [9.17, 15) is 10.1 Å². The Labute approximate surface area is 104 Å². The Morgan fingerprint density at radius 1 is 1.56 bits per heavy atom. The molecule has 0 aliphatic heterocycles. The lowest BCUT2D eigenvalue weighted by Gasteiger charge is -2.24. The van der Waals surface area contributed by atoms with E-state index in [2.05, 4.69) is 15.4 Å². The molecular weight excluding hydrogens is 238 g/mol. The van der Waals surface area contributed by atoms with Gasteiger partial charge in [0.15, 0.2) is 0 Å². The minimum atomic E-state index is -0.603. The molecule has 1 fully saturated rings. The summed E-state index contributed by atoms with van der Waals surface area (Å²) in [5, 5.41) is 10.9. The summed E-state index contributed by atoms with van der Waals surface area (Å²) in [6.45, 7) is 0.423. The number of hydrogen-bond acceptors (Lipinski definition) is 7. The second-order valence-electron chi connectivity index (χ2n) is 4.21. The first-order chi connectivity index (χ1) is 8.72. The van der Waals surface area contributed by atoms with Crippen LogP contribution >= 0.6 is 0 Å². The number of nitro groups is 1. The lowest BCUT2D eigenvalue weighted by molar-refractivity contribution is -0.385. The summed E-state index contributed by atoms with van der Waals surface area (Å²) >= 11 is 0. The first-order valence-electron chi connectivity index (χ1n) is 5.81. The smallest absolute Gasteiger partial charge is 0.374 e. The van der Waals surface area contributed by atoms with Crippen LogP contribution in [0, 0.1) is 16.0 Å². The fourth-order valence-electron chi connectivity index (χ4n) is 1.84. The Balaban J connectivity index is 2.03. The molecule has 1 saturated carbocycles. The molecule has 3 N–H and O–H groups in total. The highest BCUT2D eigenvalue weighted by Gasteiger charge is 2.24. The molecule has 0 spiro atoms.